The van der Waals surface area contributed by atoms with Gasteiger partial charge in [0.25, 0.3) is 0 Å². The first-order valence-electron chi connectivity index (χ1n) is 6.14. The second kappa shape index (κ2) is 5.28. The molecule has 2 rings (SSSR count). The molecule has 1 aromatic carbocycles. The Bertz CT molecular complexity index is 519. The molecule has 1 aliphatic heterocycles. The van der Waals surface area contributed by atoms with Crippen molar-refractivity contribution in [1.29, 1.82) is 0 Å². The molecule has 1 aliphatic rings. The van der Waals surface area contributed by atoms with E-state index in [-0.39, 0.29) is 11.8 Å². The van der Waals surface area contributed by atoms with Crippen molar-refractivity contribution in [3.8, 4) is 5.75 Å². The van der Waals surface area contributed by atoms with Crippen molar-refractivity contribution in [3.05, 3.63) is 23.8 Å². The van der Waals surface area contributed by atoms with Gasteiger partial charge >= 0.3 is 0 Å². The van der Waals surface area contributed by atoms with Crippen LogP contribution in [0.25, 0.3) is 0 Å². The zero-order chi connectivity index (χ0) is 13.2. The van der Waals surface area contributed by atoms with Crippen molar-refractivity contribution >= 4 is 9.84 Å². The van der Waals surface area contributed by atoms with E-state index in [0.29, 0.717) is 10.6 Å². The van der Waals surface area contributed by atoms with Crippen LogP contribution in [0.15, 0.2) is 23.1 Å². The molecule has 0 aliphatic carbocycles. The molecule has 1 fully saturated rings. The van der Waals surface area contributed by atoms with Crippen LogP contribution in [0.5, 0.6) is 5.75 Å². The monoisotopic (exact) mass is 269 g/mol. The van der Waals surface area contributed by atoms with Crippen molar-refractivity contribution < 1.29 is 13.2 Å². The summed E-state index contributed by atoms with van der Waals surface area (Å²) < 4.78 is 29.7. The first-order valence-corrected chi connectivity index (χ1v) is 7.79. The average molecular weight is 269 g/mol. The van der Waals surface area contributed by atoms with Crippen LogP contribution >= 0.6 is 0 Å². The third-order valence-electron chi connectivity index (χ3n) is 3.31. The second-order valence-corrected chi connectivity index (χ2v) is 6.74. The third kappa shape index (κ3) is 2.84. The lowest BCUT2D eigenvalue weighted by atomic mass is 10.2. The number of hydrogen-bond acceptors (Lipinski definition) is 4. The van der Waals surface area contributed by atoms with Crippen LogP contribution in [0.2, 0.25) is 0 Å². The predicted molar refractivity (Wildman–Crippen MR) is 70.8 cm³/mol. The van der Waals surface area contributed by atoms with Crippen molar-refractivity contribution in [1.82, 2.24) is 5.32 Å². The van der Waals surface area contributed by atoms with E-state index in [1.165, 1.54) is 0 Å². The third-order valence-corrected chi connectivity index (χ3v) is 5.12. The summed E-state index contributed by atoms with van der Waals surface area (Å²) in [5.74, 6) is 0.895. The maximum atomic E-state index is 12.3. The van der Waals surface area contributed by atoms with Crippen LogP contribution < -0.4 is 10.1 Å². The minimum absolute atomic E-state index is 0.0948. The van der Waals surface area contributed by atoms with Gasteiger partial charge in [-0.2, -0.15) is 0 Å². The zero-order valence-corrected chi connectivity index (χ0v) is 11.6. The van der Waals surface area contributed by atoms with E-state index in [9.17, 15) is 8.42 Å². The first kappa shape index (κ1) is 13.4. The minimum atomic E-state index is -3.21. The van der Waals surface area contributed by atoms with Crippen LogP contribution in [-0.4, -0.2) is 33.9 Å². The topological polar surface area (TPSA) is 55.4 Å². The van der Waals surface area contributed by atoms with E-state index in [0.717, 1.165) is 24.9 Å². The summed E-state index contributed by atoms with van der Waals surface area (Å²) in [6.45, 7) is 2.77. The molecule has 4 nitrogen and oxygen atoms in total. The molecule has 0 spiro atoms. The summed E-state index contributed by atoms with van der Waals surface area (Å²) in [7, 11) is -1.63. The Balaban J connectivity index is 2.21. The molecule has 1 saturated heterocycles. The van der Waals surface area contributed by atoms with Gasteiger partial charge in [-0.3, -0.25) is 0 Å². The maximum absolute atomic E-state index is 12.3. The molecule has 0 amide bonds. The number of rotatable bonds is 4. The standard InChI is InChI=1S/C13H19NO3S/c1-10-8-12(5-6-13(10)17-2)18(15,16)9-11-4-3-7-14-11/h5-6,8,11,14H,3-4,7,9H2,1-2H3. The van der Waals surface area contributed by atoms with Crippen LogP contribution in [0.1, 0.15) is 18.4 Å². The highest BCUT2D eigenvalue weighted by Gasteiger charge is 2.24. The van der Waals surface area contributed by atoms with Crippen molar-refractivity contribution in [2.24, 2.45) is 0 Å². The fourth-order valence-electron chi connectivity index (χ4n) is 2.30. The summed E-state index contributed by atoms with van der Waals surface area (Å²) >= 11 is 0. The first-order chi connectivity index (χ1) is 8.53. The average Bonchev–Trinajstić information content (AvgIpc) is 2.81. The lowest BCUT2D eigenvalue weighted by Crippen LogP contribution is -2.29. The van der Waals surface area contributed by atoms with Crippen LogP contribution in [0, 0.1) is 6.92 Å². The number of sulfone groups is 1. The Hall–Kier alpha value is -1.07. The van der Waals surface area contributed by atoms with Crippen LogP contribution in [0.3, 0.4) is 0 Å². The summed E-state index contributed by atoms with van der Waals surface area (Å²) in [5, 5.41) is 3.22. The molecular formula is C13H19NO3S. The van der Waals surface area contributed by atoms with Gasteiger partial charge in [-0.05, 0) is 50.1 Å². The minimum Gasteiger partial charge on any atom is -0.496 e. The van der Waals surface area contributed by atoms with Gasteiger partial charge in [-0.25, -0.2) is 8.42 Å². The molecule has 5 heteroatoms. The normalized spacial score (nSPS) is 20.0. The molecule has 1 unspecified atom stereocenters. The Morgan fingerprint density at radius 3 is 2.78 bits per heavy atom. The van der Waals surface area contributed by atoms with Crippen LogP contribution in [0.4, 0.5) is 0 Å². The van der Waals surface area contributed by atoms with Gasteiger partial charge in [0.1, 0.15) is 5.75 Å². The highest BCUT2D eigenvalue weighted by atomic mass is 32.2. The molecule has 1 aromatic rings. The largest absolute Gasteiger partial charge is 0.496 e. The lowest BCUT2D eigenvalue weighted by Gasteiger charge is -2.12. The van der Waals surface area contributed by atoms with Crippen LogP contribution in [-0.2, 0) is 9.84 Å². The number of benzene rings is 1. The predicted octanol–water partition coefficient (Wildman–Crippen LogP) is 1.53. The molecule has 0 bridgehead atoms. The van der Waals surface area contributed by atoms with E-state index in [1.807, 2.05) is 6.92 Å². The maximum Gasteiger partial charge on any atom is 0.179 e. The van der Waals surface area contributed by atoms with Gasteiger partial charge in [0.05, 0.1) is 17.8 Å². The molecular weight excluding hydrogens is 250 g/mol. The second-order valence-electron chi connectivity index (χ2n) is 4.71. The van der Waals surface area contributed by atoms with E-state index in [1.54, 1.807) is 25.3 Å². The van der Waals surface area contributed by atoms with Gasteiger partial charge in [-0.15, -0.1) is 0 Å². The Labute approximate surface area is 108 Å². The number of ether oxygens (including phenoxy) is 1. The number of aryl methyl sites for hydroxylation is 1. The van der Waals surface area contributed by atoms with E-state index in [2.05, 4.69) is 5.32 Å². The van der Waals surface area contributed by atoms with Gasteiger partial charge in [-0.1, -0.05) is 0 Å². The summed E-state index contributed by atoms with van der Waals surface area (Å²) in [6, 6.07) is 5.11. The molecule has 100 valence electrons. The summed E-state index contributed by atoms with van der Waals surface area (Å²) in [4.78, 5) is 0.384. The lowest BCUT2D eigenvalue weighted by molar-refractivity contribution is 0.411. The molecule has 0 aromatic heterocycles. The highest BCUT2D eigenvalue weighted by molar-refractivity contribution is 7.91. The fourth-order valence-corrected chi connectivity index (χ4v) is 3.94. The SMILES string of the molecule is COc1ccc(S(=O)(=O)CC2CCCN2)cc1C. The smallest absolute Gasteiger partial charge is 0.179 e. The molecule has 0 radical (unpaired) electrons. The van der Waals surface area contributed by atoms with Crippen molar-refractivity contribution in [3.63, 3.8) is 0 Å². The summed E-state index contributed by atoms with van der Waals surface area (Å²) in [5.41, 5.74) is 0.845. The molecule has 1 atom stereocenters. The Morgan fingerprint density at radius 1 is 1.44 bits per heavy atom. The molecule has 18 heavy (non-hydrogen) atoms. The summed E-state index contributed by atoms with van der Waals surface area (Å²) in [6.07, 6.45) is 2.00. The van der Waals surface area contributed by atoms with Gasteiger partial charge in [0.2, 0.25) is 0 Å². The van der Waals surface area contributed by atoms with Crippen molar-refractivity contribution in [2.75, 3.05) is 19.4 Å². The highest BCUT2D eigenvalue weighted by Crippen LogP contribution is 2.23. The van der Waals surface area contributed by atoms with E-state index < -0.39 is 9.84 Å². The van der Waals surface area contributed by atoms with Gasteiger partial charge in [0.15, 0.2) is 9.84 Å². The van der Waals surface area contributed by atoms with Gasteiger partial charge in [0, 0.05) is 6.04 Å². The molecule has 1 N–H and O–H groups in total. The number of methoxy groups -OCH3 is 1. The fraction of sp³-hybridized carbons (Fsp3) is 0.538. The number of hydrogen-bond donors (Lipinski definition) is 1. The molecule has 0 saturated carbocycles. The zero-order valence-electron chi connectivity index (χ0n) is 10.8. The van der Waals surface area contributed by atoms with E-state index in [4.69, 9.17) is 4.74 Å². The molecule has 1 heterocycles. The Kier molecular flexibility index (Phi) is 3.92. The number of nitrogens with one attached hydrogen (secondary N) is 1. The van der Waals surface area contributed by atoms with E-state index >= 15 is 0 Å². The Morgan fingerprint density at radius 2 is 2.22 bits per heavy atom. The van der Waals surface area contributed by atoms with Gasteiger partial charge < -0.3 is 10.1 Å². The van der Waals surface area contributed by atoms with Crippen molar-refractivity contribution in [2.45, 2.75) is 30.7 Å². The quantitative estimate of drug-likeness (QED) is 0.900.